The Balaban J connectivity index is 1.75. The Kier molecular flexibility index (Phi) is 3.40. The number of nitrogens with two attached hydrogens (primary N) is 1. The fourth-order valence-corrected chi connectivity index (χ4v) is 6.32. The van der Waals surface area contributed by atoms with E-state index in [2.05, 4.69) is 19.2 Å². The van der Waals surface area contributed by atoms with E-state index in [1.165, 1.54) is 19.3 Å². The zero-order valence-corrected chi connectivity index (χ0v) is 14.3. The fourth-order valence-electron chi connectivity index (χ4n) is 6.23. The first-order valence-electron chi connectivity index (χ1n) is 8.23. The molecule has 3 atom stereocenters. The highest BCUT2D eigenvalue weighted by Gasteiger charge is 2.62. The van der Waals surface area contributed by atoms with Crippen LogP contribution in [0.5, 0.6) is 0 Å². The number of hydrogen-bond donors (Lipinski definition) is 2. The highest BCUT2D eigenvalue weighted by Crippen LogP contribution is 2.69. The third kappa shape index (κ3) is 2.60. The molecule has 0 aromatic carbocycles. The molecule has 0 aromatic heterocycles. The van der Waals surface area contributed by atoms with Crippen LogP contribution in [0, 0.1) is 28.1 Å². The molecule has 3 unspecified atom stereocenters. The van der Waals surface area contributed by atoms with Crippen LogP contribution in [0.25, 0.3) is 0 Å². The Morgan fingerprint density at radius 2 is 1.81 bits per heavy atom. The number of thiocarbonyl (C=S) groups is 1. The van der Waals surface area contributed by atoms with Gasteiger partial charge >= 0.3 is 0 Å². The quantitative estimate of drug-likeness (QED) is 0.785. The van der Waals surface area contributed by atoms with Crippen molar-refractivity contribution < 1.29 is 4.79 Å². The summed E-state index contributed by atoms with van der Waals surface area (Å²) in [6.45, 7) is 7.35. The first-order valence-corrected chi connectivity index (χ1v) is 8.64. The summed E-state index contributed by atoms with van der Waals surface area (Å²) >= 11 is 5.00. The molecule has 0 radical (unpaired) electrons. The highest BCUT2D eigenvalue weighted by molar-refractivity contribution is 7.80. The SMILES string of the molecule is CC(CNC(=O)C12CC3CC(C)(CC(C)(C3)C1)C2)C(N)=S. The summed E-state index contributed by atoms with van der Waals surface area (Å²) in [5.41, 5.74) is 6.28. The minimum atomic E-state index is -0.126. The minimum absolute atomic E-state index is 0.0732. The van der Waals surface area contributed by atoms with E-state index in [1.807, 2.05) is 6.92 Å². The molecule has 3 N–H and O–H groups in total. The summed E-state index contributed by atoms with van der Waals surface area (Å²) < 4.78 is 0. The molecule has 4 heteroatoms. The molecule has 21 heavy (non-hydrogen) atoms. The summed E-state index contributed by atoms with van der Waals surface area (Å²) in [7, 11) is 0. The fraction of sp³-hybridized carbons (Fsp3) is 0.882. The molecule has 0 spiro atoms. The first kappa shape index (κ1) is 15.3. The second-order valence-electron chi connectivity index (χ2n) is 8.92. The van der Waals surface area contributed by atoms with Crippen LogP contribution in [-0.4, -0.2) is 17.4 Å². The molecule has 118 valence electrons. The van der Waals surface area contributed by atoms with Crippen molar-refractivity contribution in [1.82, 2.24) is 5.32 Å². The Hall–Kier alpha value is -0.640. The van der Waals surface area contributed by atoms with Crippen LogP contribution in [0.3, 0.4) is 0 Å². The van der Waals surface area contributed by atoms with Crippen molar-refractivity contribution in [2.45, 2.75) is 59.3 Å². The molecule has 0 heterocycles. The van der Waals surface area contributed by atoms with Crippen LogP contribution in [0.2, 0.25) is 0 Å². The zero-order valence-electron chi connectivity index (χ0n) is 13.5. The summed E-state index contributed by atoms with van der Waals surface area (Å²) in [6.07, 6.45) is 7.17. The van der Waals surface area contributed by atoms with Gasteiger partial charge in [0.05, 0.1) is 10.4 Å². The highest BCUT2D eigenvalue weighted by atomic mass is 32.1. The maximum Gasteiger partial charge on any atom is 0.226 e. The van der Waals surface area contributed by atoms with Gasteiger partial charge in [0.2, 0.25) is 5.91 Å². The van der Waals surface area contributed by atoms with E-state index in [0.717, 1.165) is 25.2 Å². The molecule has 4 aliphatic rings. The van der Waals surface area contributed by atoms with E-state index in [9.17, 15) is 4.79 Å². The lowest BCUT2D eigenvalue weighted by molar-refractivity contribution is -0.170. The average Bonchev–Trinajstić information content (AvgIpc) is 2.30. The molecule has 4 fully saturated rings. The summed E-state index contributed by atoms with van der Waals surface area (Å²) in [4.78, 5) is 13.4. The number of hydrogen-bond acceptors (Lipinski definition) is 2. The number of rotatable bonds is 4. The first-order chi connectivity index (χ1) is 9.65. The van der Waals surface area contributed by atoms with Gasteiger partial charge in [-0.2, -0.15) is 0 Å². The second kappa shape index (κ2) is 4.68. The van der Waals surface area contributed by atoms with Crippen LogP contribution >= 0.6 is 12.2 Å². The van der Waals surface area contributed by atoms with Gasteiger partial charge in [0.25, 0.3) is 0 Å². The van der Waals surface area contributed by atoms with E-state index >= 15 is 0 Å². The van der Waals surface area contributed by atoms with Crippen molar-refractivity contribution in [3.8, 4) is 0 Å². The van der Waals surface area contributed by atoms with E-state index in [4.69, 9.17) is 18.0 Å². The minimum Gasteiger partial charge on any atom is -0.393 e. The zero-order chi connectivity index (χ0) is 15.5. The van der Waals surface area contributed by atoms with Crippen LogP contribution < -0.4 is 11.1 Å². The molecule has 0 aliphatic heterocycles. The van der Waals surface area contributed by atoms with Crippen molar-refractivity contribution in [2.24, 2.45) is 33.8 Å². The Bertz CT molecular complexity index is 471. The van der Waals surface area contributed by atoms with E-state index in [1.54, 1.807) is 0 Å². The number of carbonyl (C=O) groups excluding carboxylic acids is 1. The number of amides is 1. The maximum absolute atomic E-state index is 12.9. The lowest BCUT2D eigenvalue weighted by Crippen LogP contribution is -2.60. The third-order valence-electron chi connectivity index (χ3n) is 6.16. The van der Waals surface area contributed by atoms with Gasteiger partial charge in [-0.15, -0.1) is 0 Å². The van der Waals surface area contributed by atoms with Crippen molar-refractivity contribution >= 4 is 23.1 Å². The molecular weight excluding hydrogens is 280 g/mol. The van der Waals surface area contributed by atoms with Crippen LogP contribution in [0.4, 0.5) is 0 Å². The van der Waals surface area contributed by atoms with Crippen molar-refractivity contribution in [3.05, 3.63) is 0 Å². The molecule has 3 nitrogen and oxygen atoms in total. The van der Waals surface area contributed by atoms with Gasteiger partial charge in [-0.05, 0) is 55.3 Å². The molecule has 0 aromatic rings. The van der Waals surface area contributed by atoms with Gasteiger partial charge in [-0.3, -0.25) is 4.79 Å². The van der Waals surface area contributed by atoms with Gasteiger partial charge < -0.3 is 11.1 Å². The average molecular weight is 308 g/mol. The Morgan fingerprint density at radius 1 is 1.24 bits per heavy atom. The normalized spacial score (nSPS) is 45.4. The van der Waals surface area contributed by atoms with Crippen LogP contribution in [0.15, 0.2) is 0 Å². The topological polar surface area (TPSA) is 55.1 Å². The lowest BCUT2D eigenvalue weighted by atomic mass is 9.40. The van der Waals surface area contributed by atoms with Crippen LogP contribution in [-0.2, 0) is 4.79 Å². The van der Waals surface area contributed by atoms with Crippen molar-refractivity contribution in [1.29, 1.82) is 0 Å². The predicted octanol–water partition coefficient (Wildman–Crippen LogP) is 3.02. The maximum atomic E-state index is 12.9. The smallest absolute Gasteiger partial charge is 0.226 e. The molecular formula is C17H28N2OS. The Labute approximate surface area is 133 Å². The number of nitrogens with one attached hydrogen (secondary N) is 1. The molecule has 4 bridgehead atoms. The molecule has 0 saturated heterocycles. The van der Waals surface area contributed by atoms with Gasteiger partial charge in [-0.25, -0.2) is 0 Å². The van der Waals surface area contributed by atoms with Gasteiger partial charge in [0.15, 0.2) is 0 Å². The van der Waals surface area contributed by atoms with Gasteiger partial charge in [0, 0.05) is 12.5 Å². The van der Waals surface area contributed by atoms with Crippen LogP contribution in [0.1, 0.15) is 59.3 Å². The molecule has 1 amide bonds. The number of carbonyl (C=O) groups is 1. The lowest BCUT2D eigenvalue weighted by Gasteiger charge is -2.64. The molecule has 4 rings (SSSR count). The van der Waals surface area contributed by atoms with Crippen molar-refractivity contribution in [3.63, 3.8) is 0 Å². The second-order valence-corrected chi connectivity index (χ2v) is 9.40. The van der Waals surface area contributed by atoms with E-state index < -0.39 is 0 Å². The Morgan fingerprint density at radius 3 is 2.29 bits per heavy atom. The van der Waals surface area contributed by atoms with E-state index in [-0.39, 0.29) is 17.2 Å². The van der Waals surface area contributed by atoms with Gasteiger partial charge in [-0.1, -0.05) is 33.0 Å². The van der Waals surface area contributed by atoms with Gasteiger partial charge in [0.1, 0.15) is 0 Å². The predicted molar refractivity (Wildman–Crippen MR) is 88.8 cm³/mol. The summed E-state index contributed by atoms with van der Waals surface area (Å²) in [5.74, 6) is 1.08. The monoisotopic (exact) mass is 308 g/mol. The molecule has 4 aliphatic carbocycles. The standard InChI is InChI=1S/C17H28N2OS/c1-11(13(18)21)7-19-14(20)17-6-12-4-15(2,9-17)8-16(3,5-12)10-17/h11-12H,4-10H2,1-3H3,(H2,18,21)(H,19,20). The van der Waals surface area contributed by atoms with Crippen molar-refractivity contribution in [2.75, 3.05) is 6.54 Å². The largest absolute Gasteiger partial charge is 0.393 e. The van der Waals surface area contributed by atoms with E-state index in [0.29, 0.717) is 22.4 Å². The summed E-state index contributed by atoms with van der Waals surface area (Å²) in [5, 5.41) is 3.15. The third-order valence-corrected chi connectivity index (χ3v) is 6.56. The molecule has 4 saturated carbocycles. The summed E-state index contributed by atoms with van der Waals surface area (Å²) in [6, 6.07) is 0.